The van der Waals surface area contributed by atoms with Crippen molar-refractivity contribution in [2.45, 2.75) is 0 Å². The molecule has 0 radical (unpaired) electrons. The van der Waals surface area contributed by atoms with E-state index in [0.717, 1.165) is 62.8 Å². The van der Waals surface area contributed by atoms with Crippen molar-refractivity contribution >= 4 is 27.0 Å². The van der Waals surface area contributed by atoms with Gasteiger partial charge in [-0.15, -0.1) is 0 Å². The second-order valence-corrected chi connectivity index (χ2v) is 6.86. The molecule has 20 heteroatoms. The van der Waals surface area contributed by atoms with E-state index in [9.17, 15) is 39.1 Å². The minimum Gasteiger partial charge on any atom is -0.746 e. The zero-order valence-corrected chi connectivity index (χ0v) is 26.3. The predicted octanol–water partition coefficient (Wildman–Crippen LogP) is -5.91. The van der Waals surface area contributed by atoms with E-state index in [1.54, 1.807) is 0 Å². The van der Waals surface area contributed by atoms with Crippen LogP contribution in [0, 0.1) is 20.2 Å². The van der Waals surface area contributed by atoms with Crippen LogP contribution in [0.4, 0.5) is 11.4 Å². The van der Waals surface area contributed by atoms with Crippen LogP contribution in [0.25, 0.3) is 0 Å². The molecule has 0 saturated heterocycles. The maximum atomic E-state index is 10.2. The summed E-state index contributed by atoms with van der Waals surface area (Å²) in [6.45, 7) is 0. The average molecular weight is 578 g/mol. The monoisotopic (exact) mass is 578 g/mol. The minimum atomic E-state index is -4.85. The quantitative estimate of drug-likeness (QED) is 0.108. The number of nitro groups is 2. The summed E-state index contributed by atoms with van der Waals surface area (Å²) in [6.07, 6.45) is 0. The van der Waals surface area contributed by atoms with Gasteiger partial charge in [-0.1, -0.05) is 0 Å². The summed E-state index contributed by atoms with van der Waals surface area (Å²) in [7, 11) is -7.69. The van der Waals surface area contributed by atoms with Crippen LogP contribution in [0.15, 0.2) is 48.5 Å². The molecule has 2 atom stereocenters. The van der Waals surface area contributed by atoms with Gasteiger partial charge in [0.05, 0.1) is 9.85 Å². The van der Waals surface area contributed by atoms with E-state index >= 15 is 0 Å². The first-order valence-corrected chi connectivity index (χ1v) is 10.6. The Morgan fingerprint density at radius 1 is 0.647 bits per heavy atom. The van der Waals surface area contributed by atoms with Gasteiger partial charge < -0.3 is 38.8 Å². The molecule has 2 rings (SSSR count). The Kier molecular flexibility index (Phi) is 26.1. The third kappa shape index (κ3) is 21.6. The van der Waals surface area contributed by atoms with Gasteiger partial charge in [0.1, 0.15) is 11.5 Å². The van der Waals surface area contributed by atoms with Crippen LogP contribution < -0.4 is 122 Å². The number of benzene rings is 2. The maximum absolute atomic E-state index is 10.2. The van der Waals surface area contributed by atoms with Crippen molar-refractivity contribution in [1.82, 2.24) is 0 Å². The summed E-state index contributed by atoms with van der Waals surface area (Å²) in [4.78, 5) is 56.2. The van der Waals surface area contributed by atoms with Crippen LogP contribution >= 0.6 is 15.6 Å². The molecule has 4 N–H and O–H groups in total. The molecule has 16 nitrogen and oxygen atoms in total. The molecule has 2 unspecified atom stereocenters. The Morgan fingerprint density at radius 3 is 1.00 bits per heavy atom. The fraction of sp³-hybridized carbons (Fsp3) is 0.143. The average Bonchev–Trinajstić information content (AvgIpc) is 2.70. The number of non-ortho nitro benzene ring substituents is 2. The van der Waals surface area contributed by atoms with E-state index in [1.807, 2.05) is 0 Å². The molecule has 180 valence electrons. The first-order valence-electron chi connectivity index (χ1n) is 7.62. The standard InChI is InChI=1S/2C6H6NO6P.2CH4O.2K/c2*8-7(9)5-1-3-6(4-2-5)13-14(10,11)12;2*1-2;;/h2*1-4H,(H2,10,11,12);2*2H,1H3;;/q;;;;2*+1/p-2. The number of rotatable bonds is 6. The number of nitro benzene ring substituents is 2. The Labute approximate surface area is 277 Å². The smallest absolute Gasteiger partial charge is 0.746 e. The van der Waals surface area contributed by atoms with Crippen LogP contribution in [-0.2, 0) is 9.13 Å². The van der Waals surface area contributed by atoms with Crippen molar-refractivity contribution in [2.24, 2.45) is 0 Å². The molecule has 0 spiro atoms. The van der Waals surface area contributed by atoms with E-state index in [2.05, 4.69) is 9.05 Å². The molecule has 0 saturated carbocycles. The van der Waals surface area contributed by atoms with E-state index in [1.165, 1.54) is 0 Å². The van der Waals surface area contributed by atoms with Gasteiger partial charge >= 0.3 is 118 Å². The molecule has 0 amide bonds. The number of phosphoric acid groups is 2. The Morgan fingerprint density at radius 2 is 0.853 bits per heavy atom. The third-order valence-electron chi connectivity index (χ3n) is 2.54. The van der Waals surface area contributed by atoms with E-state index in [0.29, 0.717) is 0 Å². The summed E-state index contributed by atoms with van der Waals surface area (Å²) in [5, 5.41) is 34.4. The fourth-order valence-corrected chi connectivity index (χ4v) is 2.30. The van der Waals surface area contributed by atoms with Gasteiger partial charge in [-0.3, -0.25) is 29.4 Å². The molecule has 0 aromatic heterocycles. The van der Waals surface area contributed by atoms with E-state index in [4.69, 9.17) is 20.0 Å². The summed E-state index contributed by atoms with van der Waals surface area (Å²) in [5.41, 5.74) is -0.396. The molecule has 34 heavy (non-hydrogen) atoms. The zero-order chi connectivity index (χ0) is 25.5. The Bertz CT molecular complexity index is 857. The predicted molar refractivity (Wildman–Crippen MR) is 103 cm³/mol. The van der Waals surface area contributed by atoms with E-state index < -0.39 is 25.5 Å². The molecule has 0 aliphatic carbocycles. The van der Waals surface area contributed by atoms with Gasteiger partial charge in [0.25, 0.3) is 11.4 Å². The van der Waals surface area contributed by atoms with Crippen molar-refractivity contribution < 1.29 is 161 Å². The molecule has 0 fully saturated rings. The van der Waals surface area contributed by atoms with Crippen LogP contribution in [-0.4, -0.2) is 44.1 Å². The van der Waals surface area contributed by atoms with Crippen LogP contribution in [0.1, 0.15) is 0 Å². The fourth-order valence-electron chi connectivity index (χ4n) is 1.52. The largest absolute Gasteiger partial charge is 1.00 e. The molecular weight excluding hydrogens is 560 g/mol. The number of hydrogen-bond acceptors (Lipinski definition) is 12. The first kappa shape index (κ1) is 41.5. The number of hydrogen-bond donors (Lipinski definition) is 4. The van der Waals surface area contributed by atoms with Crippen molar-refractivity contribution in [3.8, 4) is 11.5 Å². The summed E-state index contributed by atoms with van der Waals surface area (Å²) in [6, 6.07) is 8.52. The first-order chi connectivity index (χ1) is 14.8. The normalized spacial score (nSPS) is 12.2. The minimum absolute atomic E-state index is 0. The number of aliphatic hydroxyl groups is 2. The Hall–Kier alpha value is 0.333. The molecule has 0 aliphatic rings. The molecule has 2 aromatic rings. The van der Waals surface area contributed by atoms with Crippen LogP contribution in [0.3, 0.4) is 0 Å². The van der Waals surface area contributed by atoms with Crippen LogP contribution in [0.5, 0.6) is 11.5 Å². The van der Waals surface area contributed by atoms with Crippen molar-refractivity contribution in [3.05, 3.63) is 68.8 Å². The van der Waals surface area contributed by atoms with Gasteiger partial charge in [-0.25, -0.2) is 0 Å². The summed E-state index contributed by atoms with van der Waals surface area (Å²) >= 11 is 0. The summed E-state index contributed by atoms with van der Waals surface area (Å²) < 4.78 is 28.6. The number of phosphoric ester groups is 2. The van der Waals surface area contributed by atoms with E-state index in [-0.39, 0.29) is 126 Å². The molecule has 0 aliphatic heterocycles. The number of nitrogens with zero attached hydrogens (tertiary/aromatic N) is 2. The SMILES string of the molecule is CO.CO.O=[N+]([O-])c1ccc(OP(=O)([O-])O)cc1.O=[N+]([O-])c1ccc(OP(=O)([O-])O)cc1.[K+].[K+]. The van der Waals surface area contributed by atoms with Gasteiger partial charge in [0, 0.05) is 38.5 Å². The van der Waals surface area contributed by atoms with Crippen molar-refractivity contribution in [3.63, 3.8) is 0 Å². The molecule has 0 heterocycles. The van der Waals surface area contributed by atoms with Gasteiger partial charge in [-0.2, -0.15) is 0 Å². The third-order valence-corrected chi connectivity index (χ3v) is 3.42. The van der Waals surface area contributed by atoms with Crippen molar-refractivity contribution in [1.29, 1.82) is 0 Å². The van der Waals surface area contributed by atoms with Crippen LogP contribution in [0.2, 0.25) is 0 Å². The molecule has 2 aromatic carbocycles. The van der Waals surface area contributed by atoms with Gasteiger partial charge in [0.15, 0.2) is 0 Å². The second kappa shape index (κ2) is 21.4. The summed E-state index contributed by atoms with van der Waals surface area (Å²) in [5.74, 6) is -0.368. The topological polar surface area (TPSA) is 266 Å². The van der Waals surface area contributed by atoms with Gasteiger partial charge in [-0.05, 0) is 24.3 Å². The Balaban J connectivity index is -0.000000219. The maximum Gasteiger partial charge on any atom is 1.00 e. The molecular formula is C14H18K2N2O14P2. The number of aliphatic hydroxyl groups excluding tert-OH is 2. The second-order valence-electron chi connectivity index (χ2n) is 4.62. The zero-order valence-electron chi connectivity index (χ0n) is 18.3. The van der Waals surface area contributed by atoms with Crippen molar-refractivity contribution in [2.75, 3.05) is 14.2 Å². The molecule has 0 bridgehead atoms. The van der Waals surface area contributed by atoms with Gasteiger partial charge in [0.2, 0.25) is 0 Å².